The minimum atomic E-state index is -1.16. The molecule has 1 saturated carbocycles. The number of carbonyl (C=O) groups excluding carboxylic acids is 1. The molecule has 0 unspecified atom stereocenters. The number of nitrogens with zero attached hydrogens (tertiary/aromatic N) is 1. The summed E-state index contributed by atoms with van der Waals surface area (Å²) in [6, 6.07) is 1.26. The number of hydrogen-bond acceptors (Lipinski definition) is 3. The highest BCUT2D eigenvalue weighted by Gasteiger charge is 2.42. The smallest absolute Gasteiger partial charge is 0.235 e. The van der Waals surface area contributed by atoms with Crippen molar-refractivity contribution >= 4 is 17.7 Å². The minimum absolute atomic E-state index is 0.254. The van der Waals surface area contributed by atoms with Crippen molar-refractivity contribution in [3.05, 3.63) is 28.3 Å². The molecule has 0 heterocycles. The number of methoxy groups -OCH3 is 1. The first-order valence-electron chi connectivity index (χ1n) is 5.37. The third kappa shape index (κ3) is 1.80. The van der Waals surface area contributed by atoms with Crippen LogP contribution in [0.1, 0.15) is 24.8 Å². The standard InChI is InChI=1S/C12H10ClF2NO2/c1-18-11-7(5-8(13)9(14)10(11)15)12(16-6-17)3-2-4-12/h5H,2-4H2,1H3. The molecular formula is C12H10ClF2NO2. The molecule has 1 aliphatic carbocycles. The first kappa shape index (κ1) is 13.0. The second kappa shape index (κ2) is 4.67. The van der Waals surface area contributed by atoms with E-state index in [0.717, 1.165) is 6.42 Å². The Balaban J connectivity index is 2.67. The van der Waals surface area contributed by atoms with E-state index in [0.29, 0.717) is 18.4 Å². The van der Waals surface area contributed by atoms with E-state index in [1.807, 2.05) is 0 Å². The largest absolute Gasteiger partial charge is 0.493 e. The Morgan fingerprint density at radius 3 is 2.56 bits per heavy atom. The molecule has 0 radical (unpaired) electrons. The molecule has 2 rings (SSSR count). The highest BCUT2D eigenvalue weighted by molar-refractivity contribution is 6.30. The van der Waals surface area contributed by atoms with Gasteiger partial charge in [0, 0.05) is 5.56 Å². The van der Waals surface area contributed by atoms with Crippen LogP contribution in [0.25, 0.3) is 0 Å². The molecule has 18 heavy (non-hydrogen) atoms. The summed E-state index contributed by atoms with van der Waals surface area (Å²) >= 11 is 5.62. The Hall–Kier alpha value is -1.45. The average Bonchev–Trinajstić information content (AvgIpc) is 2.30. The van der Waals surface area contributed by atoms with Crippen molar-refractivity contribution in [2.75, 3.05) is 7.11 Å². The van der Waals surface area contributed by atoms with Crippen LogP contribution in [-0.2, 0) is 10.3 Å². The van der Waals surface area contributed by atoms with Crippen molar-refractivity contribution in [3.8, 4) is 5.75 Å². The Bertz CT molecular complexity index is 537. The molecule has 1 fully saturated rings. The van der Waals surface area contributed by atoms with Gasteiger partial charge < -0.3 is 4.74 Å². The van der Waals surface area contributed by atoms with Crippen LogP contribution >= 0.6 is 11.6 Å². The van der Waals surface area contributed by atoms with Gasteiger partial charge in [0.25, 0.3) is 0 Å². The van der Waals surface area contributed by atoms with Gasteiger partial charge in [0.1, 0.15) is 5.54 Å². The predicted molar refractivity (Wildman–Crippen MR) is 61.6 cm³/mol. The SMILES string of the molecule is COc1c(C2(N=C=O)CCC2)cc(Cl)c(F)c1F. The van der Waals surface area contributed by atoms with Gasteiger partial charge in [-0.3, -0.25) is 0 Å². The summed E-state index contributed by atoms with van der Waals surface area (Å²) < 4.78 is 32.0. The van der Waals surface area contributed by atoms with E-state index in [1.165, 1.54) is 19.3 Å². The number of hydrogen-bond donors (Lipinski definition) is 0. The van der Waals surface area contributed by atoms with Gasteiger partial charge in [-0.15, -0.1) is 0 Å². The molecule has 0 saturated heterocycles. The van der Waals surface area contributed by atoms with Crippen LogP contribution in [0.2, 0.25) is 5.02 Å². The van der Waals surface area contributed by atoms with Crippen molar-refractivity contribution in [1.82, 2.24) is 0 Å². The van der Waals surface area contributed by atoms with Gasteiger partial charge in [-0.1, -0.05) is 11.6 Å². The molecule has 1 aromatic carbocycles. The number of ether oxygens (including phenoxy) is 1. The molecule has 1 aliphatic rings. The van der Waals surface area contributed by atoms with Crippen molar-refractivity contribution in [2.45, 2.75) is 24.8 Å². The zero-order valence-corrected chi connectivity index (χ0v) is 10.4. The second-order valence-corrected chi connectivity index (χ2v) is 4.56. The normalized spacial score (nSPS) is 16.7. The summed E-state index contributed by atoms with van der Waals surface area (Å²) in [6.07, 6.45) is 3.42. The Morgan fingerprint density at radius 2 is 2.11 bits per heavy atom. The van der Waals surface area contributed by atoms with Crippen LogP contribution < -0.4 is 4.74 Å². The van der Waals surface area contributed by atoms with Gasteiger partial charge in [-0.25, -0.2) is 9.18 Å². The number of halogens is 3. The van der Waals surface area contributed by atoms with Crippen LogP contribution in [-0.4, -0.2) is 13.2 Å². The maximum Gasteiger partial charge on any atom is 0.235 e. The van der Waals surface area contributed by atoms with E-state index >= 15 is 0 Å². The molecule has 0 N–H and O–H groups in total. The number of benzene rings is 1. The summed E-state index contributed by atoms with van der Waals surface area (Å²) in [7, 11) is 1.23. The van der Waals surface area contributed by atoms with Crippen LogP contribution in [0.15, 0.2) is 11.1 Å². The Morgan fingerprint density at radius 1 is 1.44 bits per heavy atom. The zero-order chi connectivity index (χ0) is 13.3. The molecule has 0 bridgehead atoms. The first-order chi connectivity index (χ1) is 8.55. The molecule has 1 aromatic rings. The fourth-order valence-electron chi connectivity index (χ4n) is 2.16. The molecule has 3 nitrogen and oxygen atoms in total. The monoisotopic (exact) mass is 273 g/mol. The molecular weight excluding hydrogens is 264 g/mol. The van der Waals surface area contributed by atoms with Gasteiger partial charge in [-0.05, 0) is 25.3 Å². The minimum Gasteiger partial charge on any atom is -0.493 e. The maximum atomic E-state index is 13.7. The summed E-state index contributed by atoms with van der Waals surface area (Å²) in [5, 5.41) is -0.351. The van der Waals surface area contributed by atoms with Crippen molar-refractivity contribution in [1.29, 1.82) is 0 Å². The lowest BCUT2D eigenvalue weighted by atomic mass is 9.72. The summed E-state index contributed by atoms with van der Waals surface area (Å²) in [4.78, 5) is 14.2. The van der Waals surface area contributed by atoms with Crippen molar-refractivity contribution in [3.63, 3.8) is 0 Å². The van der Waals surface area contributed by atoms with Gasteiger partial charge >= 0.3 is 0 Å². The van der Waals surface area contributed by atoms with Gasteiger partial charge in [0.2, 0.25) is 11.9 Å². The van der Waals surface area contributed by atoms with E-state index in [4.69, 9.17) is 16.3 Å². The molecule has 0 amide bonds. The van der Waals surface area contributed by atoms with Crippen LogP contribution in [0.4, 0.5) is 8.78 Å². The van der Waals surface area contributed by atoms with Gasteiger partial charge in [0.05, 0.1) is 12.1 Å². The average molecular weight is 274 g/mol. The zero-order valence-electron chi connectivity index (χ0n) is 9.60. The third-order valence-electron chi connectivity index (χ3n) is 3.26. The lowest BCUT2D eigenvalue weighted by molar-refractivity contribution is 0.241. The van der Waals surface area contributed by atoms with Gasteiger partial charge in [-0.2, -0.15) is 9.38 Å². The number of rotatable bonds is 3. The fourth-order valence-corrected chi connectivity index (χ4v) is 2.36. The summed E-state index contributed by atoms with van der Waals surface area (Å²) in [5.41, 5.74) is -0.589. The third-order valence-corrected chi connectivity index (χ3v) is 3.54. The van der Waals surface area contributed by atoms with E-state index in [1.54, 1.807) is 0 Å². The molecule has 0 aromatic heterocycles. The topological polar surface area (TPSA) is 38.7 Å². The van der Waals surface area contributed by atoms with Crippen molar-refractivity contribution in [2.24, 2.45) is 4.99 Å². The van der Waals surface area contributed by atoms with Crippen LogP contribution in [0, 0.1) is 11.6 Å². The predicted octanol–water partition coefficient (Wildman–Crippen LogP) is 3.34. The molecule has 96 valence electrons. The Kier molecular flexibility index (Phi) is 3.37. The molecule has 6 heteroatoms. The highest BCUT2D eigenvalue weighted by atomic mass is 35.5. The fraction of sp³-hybridized carbons (Fsp3) is 0.417. The van der Waals surface area contributed by atoms with E-state index in [2.05, 4.69) is 4.99 Å². The molecule has 0 spiro atoms. The first-order valence-corrected chi connectivity index (χ1v) is 5.74. The maximum absolute atomic E-state index is 13.7. The van der Waals surface area contributed by atoms with E-state index in [9.17, 15) is 13.6 Å². The molecule has 0 aliphatic heterocycles. The summed E-state index contributed by atoms with van der Waals surface area (Å²) in [6.45, 7) is 0. The Labute approximate surface area is 107 Å². The van der Waals surface area contributed by atoms with Crippen LogP contribution in [0.5, 0.6) is 5.75 Å². The number of isocyanates is 1. The van der Waals surface area contributed by atoms with E-state index in [-0.39, 0.29) is 10.8 Å². The summed E-state index contributed by atoms with van der Waals surface area (Å²) in [5.74, 6) is -2.58. The second-order valence-electron chi connectivity index (χ2n) is 4.16. The quantitative estimate of drug-likeness (QED) is 0.481. The van der Waals surface area contributed by atoms with Gasteiger partial charge in [0.15, 0.2) is 11.6 Å². The molecule has 0 atom stereocenters. The van der Waals surface area contributed by atoms with Crippen LogP contribution in [0.3, 0.4) is 0 Å². The lowest BCUT2D eigenvalue weighted by Crippen LogP contribution is -2.32. The highest BCUT2D eigenvalue weighted by Crippen LogP contribution is 2.49. The lowest BCUT2D eigenvalue weighted by Gasteiger charge is -2.38. The van der Waals surface area contributed by atoms with Crippen molar-refractivity contribution < 1.29 is 18.3 Å². The number of aliphatic imine (C=N–C) groups is 1. The van der Waals surface area contributed by atoms with E-state index < -0.39 is 17.2 Å².